The highest BCUT2D eigenvalue weighted by atomic mass is 19.1. The Kier molecular flexibility index (Phi) is 5.89. The third-order valence-corrected chi connectivity index (χ3v) is 2.83. The van der Waals surface area contributed by atoms with E-state index in [1.54, 1.807) is 0 Å². The van der Waals surface area contributed by atoms with E-state index in [1.165, 1.54) is 25.2 Å². The van der Waals surface area contributed by atoms with Gasteiger partial charge in [-0.3, -0.25) is 14.9 Å². The minimum absolute atomic E-state index is 0.116. The molecular formula is C13H17FN2O5. The van der Waals surface area contributed by atoms with Crippen LogP contribution in [0.25, 0.3) is 0 Å². The van der Waals surface area contributed by atoms with E-state index in [1.807, 2.05) is 6.92 Å². The summed E-state index contributed by atoms with van der Waals surface area (Å²) >= 11 is 0. The zero-order chi connectivity index (χ0) is 16.0. The maximum atomic E-state index is 13.6. The van der Waals surface area contributed by atoms with Gasteiger partial charge < -0.3 is 14.4 Å². The van der Waals surface area contributed by atoms with Crippen LogP contribution in [0.15, 0.2) is 12.1 Å². The van der Waals surface area contributed by atoms with Crippen LogP contribution in [-0.2, 0) is 9.53 Å². The van der Waals surface area contributed by atoms with Gasteiger partial charge in [0.05, 0.1) is 25.2 Å². The van der Waals surface area contributed by atoms with Gasteiger partial charge in [0.2, 0.25) is 0 Å². The molecule has 0 aliphatic rings. The number of nitro groups is 1. The molecule has 1 rings (SSSR count). The van der Waals surface area contributed by atoms with Crippen molar-refractivity contribution < 1.29 is 23.6 Å². The number of halogens is 1. The van der Waals surface area contributed by atoms with E-state index in [0.717, 1.165) is 6.07 Å². The van der Waals surface area contributed by atoms with Crippen molar-refractivity contribution in [3.05, 3.63) is 28.1 Å². The average Bonchev–Trinajstić information content (AvgIpc) is 2.46. The summed E-state index contributed by atoms with van der Waals surface area (Å²) in [6.07, 6.45) is 0.647. The predicted molar refractivity (Wildman–Crippen MR) is 74.1 cm³/mol. The second-order valence-corrected chi connectivity index (χ2v) is 4.23. The van der Waals surface area contributed by atoms with Gasteiger partial charge >= 0.3 is 5.97 Å². The van der Waals surface area contributed by atoms with Crippen LogP contribution in [0.4, 0.5) is 15.8 Å². The van der Waals surface area contributed by atoms with Crippen molar-refractivity contribution >= 4 is 17.3 Å². The van der Waals surface area contributed by atoms with Gasteiger partial charge in [-0.2, -0.15) is 0 Å². The molecule has 0 spiro atoms. The van der Waals surface area contributed by atoms with Crippen molar-refractivity contribution in [2.24, 2.45) is 0 Å². The molecular weight excluding hydrogens is 283 g/mol. The van der Waals surface area contributed by atoms with Gasteiger partial charge in [0, 0.05) is 12.6 Å². The summed E-state index contributed by atoms with van der Waals surface area (Å²) in [7, 11) is 2.49. The Balaban J connectivity index is 3.32. The highest BCUT2D eigenvalue weighted by Gasteiger charge is 2.24. The summed E-state index contributed by atoms with van der Waals surface area (Å²) in [5.74, 6) is -1.50. The first-order valence-corrected chi connectivity index (χ1v) is 6.28. The van der Waals surface area contributed by atoms with Crippen molar-refractivity contribution in [3.63, 3.8) is 0 Å². The number of carbonyl (C=O) groups excluding carboxylic acids is 1. The number of esters is 1. The van der Waals surface area contributed by atoms with Crippen LogP contribution in [0.5, 0.6) is 5.75 Å². The lowest BCUT2D eigenvalue weighted by Crippen LogP contribution is -2.31. The molecule has 0 unspecified atom stereocenters. The number of ether oxygens (including phenoxy) is 2. The number of anilines is 1. The van der Waals surface area contributed by atoms with Gasteiger partial charge in [0.15, 0.2) is 11.6 Å². The number of nitrogens with zero attached hydrogens (tertiary/aromatic N) is 2. The third-order valence-electron chi connectivity index (χ3n) is 2.83. The first-order chi connectivity index (χ1) is 9.94. The fourth-order valence-corrected chi connectivity index (χ4v) is 1.86. The molecule has 116 valence electrons. The van der Waals surface area contributed by atoms with Gasteiger partial charge in [-0.15, -0.1) is 0 Å². The van der Waals surface area contributed by atoms with E-state index in [4.69, 9.17) is 4.74 Å². The number of rotatable bonds is 7. The monoisotopic (exact) mass is 300 g/mol. The normalized spacial score (nSPS) is 10.1. The van der Waals surface area contributed by atoms with E-state index >= 15 is 0 Å². The molecule has 0 heterocycles. The van der Waals surface area contributed by atoms with E-state index in [9.17, 15) is 19.3 Å². The highest BCUT2D eigenvalue weighted by Crippen LogP contribution is 2.34. The third kappa shape index (κ3) is 4.04. The lowest BCUT2D eigenvalue weighted by Gasteiger charge is -2.23. The Hall–Kier alpha value is -2.38. The average molecular weight is 300 g/mol. The Bertz CT molecular complexity index is 536. The van der Waals surface area contributed by atoms with E-state index < -0.39 is 22.4 Å². The van der Waals surface area contributed by atoms with Crippen LogP contribution in [0, 0.1) is 15.9 Å². The maximum absolute atomic E-state index is 13.6. The Morgan fingerprint density at radius 1 is 1.43 bits per heavy atom. The zero-order valence-electron chi connectivity index (χ0n) is 12.1. The molecule has 1 aromatic rings. The molecule has 0 radical (unpaired) electrons. The fourth-order valence-electron chi connectivity index (χ4n) is 1.86. The first kappa shape index (κ1) is 16.7. The smallest absolute Gasteiger partial charge is 0.325 e. The van der Waals surface area contributed by atoms with Gasteiger partial charge in [-0.25, -0.2) is 4.39 Å². The summed E-state index contributed by atoms with van der Waals surface area (Å²) in [6, 6.07) is 2.00. The van der Waals surface area contributed by atoms with Gasteiger partial charge in [0.1, 0.15) is 12.2 Å². The largest absolute Gasteiger partial charge is 0.494 e. The first-order valence-electron chi connectivity index (χ1n) is 6.28. The van der Waals surface area contributed by atoms with Gasteiger partial charge in [0.25, 0.3) is 5.69 Å². The molecule has 8 heteroatoms. The van der Waals surface area contributed by atoms with Crippen molar-refractivity contribution in [1.82, 2.24) is 0 Å². The number of nitro benzene ring substituents is 1. The molecule has 7 nitrogen and oxygen atoms in total. The molecule has 0 fully saturated rings. The number of carbonyl (C=O) groups is 1. The van der Waals surface area contributed by atoms with Crippen molar-refractivity contribution in [2.75, 3.05) is 32.2 Å². The SMILES string of the molecule is CCCN(CC(=O)OC)c1cc(OC)c(F)cc1[N+](=O)[O-]. The Morgan fingerprint density at radius 3 is 2.57 bits per heavy atom. The van der Waals surface area contributed by atoms with Crippen LogP contribution in [0.2, 0.25) is 0 Å². The molecule has 0 aromatic heterocycles. The van der Waals surface area contributed by atoms with Crippen molar-refractivity contribution in [1.29, 1.82) is 0 Å². The van der Waals surface area contributed by atoms with E-state index in [2.05, 4.69) is 4.74 Å². The molecule has 0 amide bonds. The molecule has 21 heavy (non-hydrogen) atoms. The summed E-state index contributed by atoms with van der Waals surface area (Å²) in [6.45, 7) is 2.07. The van der Waals surface area contributed by atoms with Crippen LogP contribution in [0.1, 0.15) is 13.3 Å². The standard InChI is InChI=1S/C13H17FN2O5/c1-4-5-15(8-13(17)21-3)10-7-12(20-2)9(14)6-11(10)16(18)19/h6-7H,4-5,8H2,1-3H3. The van der Waals surface area contributed by atoms with Crippen molar-refractivity contribution in [2.45, 2.75) is 13.3 Å². The molecule has 0 N–H and O–H groups in total. The van der Waals surface area contributed by atoms with Crippen LogP contribution in [0.3, 0.4) is 0 Å². The minimum Gasteiger partial charge on any atom is -0.494 e. The molecule has 1 aromatic carbocycles. The molecule has 0 atom stereocenters. The van der Waals surface area contributed by atoms with E-state index in [0.29, 0.717) is 13.0 Å². The lowest BCUT2D eigenvalue weighted by atomic mass is 10.2. The highest BCUT2D eigenvalue weighted by molar-refractivity contribution is 5.78. The van der Waals surface area contributed by atoms with Gasteiger partial charge in [-0.05, 0) is 6.42 Å². The Labute approximate surface area is 121 Å². The van der Waals surface area contributed by atoms with Crippen LogP contribution < -0.4 is 9.64 Å². The molecule has 0 saturated heterocycles. The second-order valence-electron chi connectivity index (χ2n) is 4.23. The summed E-state index contributed by atoms with van der Waals surface area (Å²) < 4.78 is 23.0. The molecule has 0 aliphatic heterocycles. The minimum atomic E-state index is -0.831. The van der Waals surface area contributed by atoms with E-state index in [-0.39, 0.29) is 18.0 Å². The zero-order valence-corrected chi connectivity index (χ0v) is 12.1. The number of hydrogen-bond acceptors (Lipinski definition) is 6. The number of benzene rings is 1. The quantitative estimate of drug-likeness (QED) is 0.436. The Morgan fingerprint density at radius 2 is 2.10 bits per heavy atom. The van der Waals surface area contributed by atoms with Crippen molar-refractivity contribution in [3.8, 4) is 5.75 Å². The lowest BCUT2D eigenvalue weighted by molar-refractivity contribution is -0.384. The van der Waals surface area contributed by atoms with Crippen LogP contribution in [-0.4, -0.2) is 38.2 Å². The second kappa shape index (κ2) is 7.41. The topological polar surface area (TPSA) is 81.9 Å². The number of methoxy groups -OCH3 is 2. The predicted octanol–water partition coefficient (Wildman–Crippen LogP) is 2.13. The fraction of sp³-hybridized carbons (Fsp3) is 0.462. The summed E-state index contributed by atoms with van der Waals surface area (Å²) in [5, 5.41) is 11.1. The summed E-state index contributed by atoms with van der Waals surface area (Å²) in [5.41, 5.74) is -0.309. The summed E-state index contributed by atoms with van der Waals surface area (Å²) in [4.78, 5) is 23.3. The van der Waals surface area contributed by atoms with Gasteiger partial charge in [-0.1, -0.05) is 6.92 Å². The number of hydrogen-bond donors (Lipinski definition) is 0. The maximum Gasteiger partial charge on any atom is 0.325 e. The molecule has 0 aliphatic carbocycles. The molecule has 0 saturated carbocycles. The molecule has 0 bridgehead atoms. The van der Waals surface area contributed by atoms with Crippen LogP contribution >= 0.6 is 0 Å².